The van der Waals surface area contributed by atoms with Crippen molar-refractivity contribution in [1.29, 1.82) is 0 Å². The Bertz CT molecular complexity index is 824. The average molecular weight is 346 g/mol. The Labute approximate surface area is 142 Å². The molecule has 2 atom stereocenters. The van der Waals surface area contributed by atoms with Gasteiger partial charge in [0.05, 0.1) is 5.69 Å². The fourth-order valence-electron chi connectivity index (χ4n) is 2.37. The van der Waals surface area contributed by atoms with Crippen LogP contribution in [0.25, 0.3) is 0 Å². The van der Waals surface area contributed by atoms with Crippen LogP contribution in [0, 0.1) is 0 Å². The van der Waals surface area contributed by atoms with E-state index >= 15 is 0 Å². The van der Waals surface area contributed by atoms with E-state index in [4.69, 9.17) is 27.7 Å². The van der Waals surface area contributed by atoms with E-state index in [-0.39, 0.29) is 22.7 Å². The normalized spacial score (nSPS) is 13.0. The molecular weight excluding hydrogens is 328 g/mol. The van der Waals surface area contributed by atoms with Gasteiger partial charge in [0.2, 0.25) is 6.10 Å². The lowest BCUT2D eigenvalue weighted by molar-refractivity contribution is -0.153. The van der Waals surface area contributed by atoms with Gasteiger partial charge in [-0.1, -0.05) is 6.07 Å². The van der Waals surface area contributed by atoms with Crippen LogP contribution in [0.3, 0.4) is 0 Å². The number of anilines is 4. The number of hydrogen-bond acceptors (Lipinski definition) is 7. The quantitative estimate of drug-likeness (QED) is 0.409. The largest absolute Gasteiger partial charge is 0.481 e. The highest BCUT2D eigenvalue weighted by atomic mass is 16.5. The lowest BCUT2D eigenvalue weighted by Crippen LogP contribution is -2.38. The van der Waals surface area contributed by atoms with Gasteiger partial charge in [-0.05, 0) is 35.9 Å². The molecule has 9 nitrogen and oxygen atoms in total. The van der Waals surface area contributed by atoms with Crippen LogP contribution in [0.1, 0.15) is 11.5 Å². The molecule has 0 saturated carbocycles. The van der Waals surface area contributed by atoms with Gasteiger partial charge in [0.1, 0.15) is 11.7 Å². The number of nitrogens with two attached hydrogens (primary N) is 4. The number of benzene rings is 2. The lowest BCUT2D eigenvalue weighted by Gasteiger charge is -2.24. The highest BCUT2D eigenvalue weighted by Gasteiger charge is 2.38. The predicted molar refractivity (Wildman–Crippen MR) is 93.0 cm³/mol. The van der Waals surface area contributed by atoms with Crippen molar-refractivity contribution < 1.29 is 24.5 Å². The van der Waals surface area contributed by atoms with Crippen LogP contribution >= 0.6 is 0 Å². The topological polar surface area (TPSA) is 188 Å². The van der Waals surface area contributed by atoms with Crippen LogP contribution in [0.15, 0.2) is 36.4 Å². The first-order chi connectivity index (χ1) is 11.7. The fraction of sp³-hybridized carbons (Fsp3) is 0.125. The fourth-order valence-corrected chi connectivity index (χ4v) is 2.37. The molecule has 0 aliphatic carbocycles. The molecule has 10 N–H and O–H groups in total. The Hall–Kier alpha value is -3.62. The van der Waals surface area contributed by atoms with Gasteiger partial charge in [0, 0.05) is 17.1 Å². The first-order valence-electron chi connectivity index (χ1n) is 7.13. The Kier molecular flexibility index (Phi) is 4.87. The Morgan fingerprint density at radius 3 is 1.88 bits per heavy atom. The van der Waals surface area contributed by atoms with Gasteiger partial charge in [-0.15, -0.1) is 0 Å². The summed E-state index contributed by atoms with van der Waals surface area (Å²) in [5, 5.41) is 19.0. The molecule has 25 heavy (non-hydrogen) atoms. The minimum Gasteiger partial charge on any atom is -0.481 e. The molecule has 0 bridgehead atoms. The van der Waals surface area contributed by atoms with Crippen molar-refractivity contribution in [1.82, 2.24) is 0 Å². The molecule has 0 heterocycles. The number of hydrogen-bond donors (Lipinski definition) is 6. The van der Waals surface area contributed by atoms with Crippen molar-refractivity contribution in [2.75, 3.05) is 22.9 Å². The van der Waals surface area contributed by atoms with Crippen LogP contribution < -0.4 is 27.7 Å². The van der Waals surface area contributed by atoms with E-state index in [1.165, 1.54) is 36.4 Å². The third-order valence-electron chi connectivity index (χ3n) is 3.55. The monoisotopic (exact) mass is 346 g/mol. The zero-order valence-corrected chi connectivity index (χ0v) is 13.0. The number of carboxylic acids is 2. The SMILES string of the molecule is Nc1ccc(OC(C(=O)O)C(C(=O)O)c2ccc(N)cc2N)c(N)c1. The molecule has 2 rings (SSSR count). The van der Waals surface area contributed by atoms with E-state index in [1.807, 2.05) is 0 Å². The standard InChI is InChI=1S/C16H18N4O5/c17-7-1-3-9(10(19)5-7)13(15(21)22)14(16(23)24)25-12-4-2-8(18)6-11(12)20/h1-6,13-14H,17-20H2,(H,21,22)(H,23,24). The molecule has 0 amide bonds. The van der Waals surface area contributed by atoms with E-state index in [1.54, 1.807) is 0 Å². The van der Waals surface area contributed by atoms with Gasteiger partial charge < -0.3 is 37.9 Å². The lowest BCUT2D eigenvalue weighted by atomic mass is 9.91. The minimum atomic E-state index is -1.77. The molecule has 0 aliphatic rings. The number of rotatable bonds is 6. The number of nitrogen functional groups attached to an aromatic ring is 4. The minimum absolute atomic E-state index is 0.00173. The highest BCUT2D eigenvalue weighted by molar-refractivity contribution is 5.88. The number of carboxylic acid groups (broad SMARTS) is 2. The molecule has 132 valence electrons. The van der Waals surface area contributed by atoms with E-state index in [0.717, 1.165) is 0 Å². The van der Waals surface area contributed by atoms with Crippen molar-refractivity contribution in [2.24, 2.45) is 0 Å². The summed E-state index contributed by atoms with van der Waals surface area (Å²) in [6.07, 6.45) is -1.77. The Morgan fingerprint density at radius 2 is 1.40 bits per heavy atom. The molecule has 2 aromatic rings. The molecule has 2 aromatic carbocycles. The molecule has 9 heteroatoms. The van der Waals surface area contributed by atoms with Crippen molar-refractivity contribution in [3.05, 3.63) is 42.0 Å². The van der Waals surface area contributed by atoms with Gasteiger partial charge in [-0.3, -0.25) is 4.79 Å². The third-order valence-corrected chi connectivity index (χ3v) is 3.55. The second kappa shape index (κ2) is 6.87. The summed E-state index contributed by atoms with van der Waals surface area (Å²) in [6.45, 7) is 0. The maximum Gasteiger partial charge on any atom is 0.346 e. The second-order valence-electron chi connectivity index (χ2n) is 5.38. The van der Waals surface area contributed by atoms with Gasteiger partial charge >= 0.3 is 11.9 Å². The van der Waals surface area contributed by atoms with Gasteiger partial charge in [-0.25, -0.2) is 4.79 Å². The summed E-state index contributed by atoms with van der Waals surface area (Å²) in [6, 6.07) is 8.33. The van der Waals surface area contributed by atoms with Crippen molar-refractivity contribution >= 4 is 34.7 Å². The summed E-state index contributed by atoms with van der Waals surface area (Å²) in [4.78, 5) is 23.4. The predicted octanol–water partition coefficient (Wildman–Crippen LogP) is 0.716. The van der Waals surface area contributed by atoms with Crippen LogP contribution in [0.4, 0.5) is 22.7 Å². The number of aliphatic carboxylic acids is 2. The first-order valence-corrected chi connectivity index (χ1v) is 7.13. The van der Waals surface area contributed by atoms with Crippen molar-refractivity contribution in [2.45, 2.75) is 12.0 Å². The molecular formula is C16H18N4O5. The van der Waals surface area contributed by atoms with Crippen molar-refractivity contribution in [3.8, 4) is 5.75 Å². The molecule has 0 spiro atoms. The van der Waals surface area contributed by atoms with E-state index in [0.29, 0.717) is 11.4 Å². The Morgan fingerprint density at radius 1 is 0.840 bits per heavy atom. The van der Waals surface area contributed by atoms with Gasteiger partial charge in [0.15, 0.2) is 0 Å². The number of ether oxygens (including phenoxy) is 1. The number of carbonyl (C=O) groups is 2. The first kappa shape index (κ1) is 17.7. The van der Waals surface area contributed by atoms with Crippen molar-refractivity contribution in [3.63, 3.8) is 0 Å². The smallest absolute Gasteiger partial charge is 0.346 e. The molecule has 2 unspecified atom stereocenters. The second-order valence-corrected chi connectivity index (χ2v) is 5.38. The zero-order chi connectivity index (χ0) is 18.7. The van der Waals surface area contributed by atoms with Gasteiger partial charge in [0.25, 0.3) is 0 Å². The average Bonchev–Trinajstić information content (AvgIpc) is 2.50. The maximum atomic E-state index is 11.7. The van der Waals surface area contributed by atoms with Crippen LogP contribution in [0.5, 0.6) is 5.75 Å². The molecule has 0 radical (unpaired) electrons. The van der Waals surface area contributed by atoms with Crippen LogP contribution in [0.2, 0.25) is 0 Å². The molecule has 0 aromatic heterocycles. The molecule has 0 aliphatic heterocycles. The highest BCUT2D eigenvalue weighted by Crippen LogP contribution is 2.32. The van der Waals surface area contributed by atoms with Crippen LogP contribution in [-0.2, 0) is 9.59 Å². The maximum absolute atomic E-state index is 11.7. The Balaban J connectivity index is 2.47. The van der Waals surface area contributed by atoms with Crippen LogP contribution in [-0.4, -0.2) is 28.3 Å². The molecule has 0 fully saturated rings. The van der Waals surface area contributed by atoms with Gasteiger partial charge in [-0.2, -0.15) is 0 Å². The summed E-state index contributed by atoms with van der Waals surface area (Å²) in [7, 11) is 0. The zero-order valence-electron chi connectivity index (χ0n) is 13.0. The summed E-state index contributed by atoms with van der Waals surface area (Å²) >= 11 is 0. The summed E-state index contributed by atoms with van der Waals surface area (Å²) in [5.74, 6) is -4.48. The molecule has 0 saturated heterocycles. The van der Waals surface area contributed by atoms with E-state index in [9.17, 15) is 19.8 Å². The summed E-state index contributed by atoms with van der Waals surface area (Å²) in [5.41, 5.74) is 23.6. The summed E-state index contributed by atoms with van der Waals surface area (Å²) < 4.78 is 5.38. The third kappa shape index (κ3) is 3.83. The van der Waals surface area contributed by atoms with E-state index in [2.05, 4.69) is 0 Å². The van der Waals surface area contributed by atoms with E-state index < -0.39 is 24.0 Å².